The second kappa shape index (κ2) is 5.33. The minimum Gasteiger partial charge on any atom is -0.481 e. The van der Waals surface area contributed by atoms with E-state index in [0.29, 0.717) is 6.42 Å². The summed E-state index contributed by atoms with van der Waals surface area (Å²) in [5.74, 6) is -1.88. The van der Waals surface area contributed by atoms with Crippen molar-refractivity contribution < 1.29 is 19.5 Å². The smallest absolute Gasteiger partial charge is 0.312 e. The first-order valence-electron chi connectivity index (χ1n) is 5.17. The Morgan fingerprint density at radius 3 is 2.53 bits per heavy atom. The van der Waals surface area contributed by atoms with E-state index >= 15 is 0 Å². The summed E-state index contributed by atoms with van der Waals surface area (Å²) in [5.41, 5.74) is 4.88. The van der Waals surface area contributed by atoms with Gasteiger partial charge in [0.15, 0.2) is 0 Å². The number of hydrogen-bond acceptors (Lipinski definition) is 3. The van der Waals surface area contributed by atoms with Crippen molar-refractivity contribution in [3.05, 3.63) is 12.2 Å². The van der Waals surface area contributed by atoms with Crippen LogP contribution < -0.4 is 16.4 Å². The number of nitrogens with two attached hydrogens (primary N) is 1. The van der Waals surface area contributed by atoms with E-state index in [9.17, 15) is 14.4 Å². The Balaban J connectivity index is 2.41. The van der Waals surface area contributed by atoms with Crippen molar-refractivity contribution >= 4 is 17.9 Å². The number of nitrogens with one attached hydrogen (secondary N) is 2. The standard InChI is InChI=1S/C10H15N3O4/c1-5(12-10(11)17)8(14)13-7-3-2-6(4-7)9(15)16/h2-3,5-7H,4H2,1H3,(H,13,14)(H,15,16)(H3,11,12,17). The molecule has 1 rings (SSSR count). The molecule has 0 spiro atoms. The highest BCUT2D eigenvalue weighted by Gasteiger charge is 2.26. The first-order chi connectivity index (χ1) is 7.90. The summed E-state index contributed by atoms with van der Waals surface area (Å²) in [5, 5.41) is 13.6. The van der Waals surface area contributed by atoms with Gasteiger partial charge in [-0.25, -0.2) is 4.79 Å². The molecule has 7 nitrogen and oxygen atoms in total. The van der Waals surface area contributed by atoms with Crippen LogP contribution in [0, 0.1) is 5.92 Å². The Morgan fingerprint density at radius 1 is 1.41 bits per heavy atom. The number of carbonyl (C=O) groups excluding carboxylic acids is 2. The van der Waals surface area contributed by atoms with Crippen LogP contribution in [0.1, 0.15) is 13.3 Å². The first kappa shape index (κ1) is 13.0. The van der Waals surface area contributed by atoms with E-state index in [1.807, 2.05) is 0 Å². The average Bonchev–Trinajstić information content (AvgIpc) is 2.65. The van der Waals surface area contributed by atoms with Gasteiger partial charge < -0.3 is 21.5 Å². The highest BCUT2D eigenvalue weighted by molar-refractivity contribution is 5.86. The summed E-state index contributed by atoms with van der Waals surface area (Å²) < 4.78 is 0. The lowest BCUT2D eigenvalue weighted by Crippen LogP contribution is -2.49. The largest absolute Gasteiger partial charge is 0.481 e. The van der Waals surface area contributed by atoms with E-state index in [2.05, 4.69) is 10.6 Å². The first-order valence-corrected chi connectivity index (χ1v) is 5.17. The molecule has 3 amide bonds. The lowest BCUT2D eigenvalue weighted by molar-refractivity contribution is -0.140. The molecule has 0 aromatic heterocycles. The lowest BCUT2D eigenvalue weighted by Gasteiger charge is -2.16. The quantitative estimate of drug-likeness (QED) is 0.481. The van der Waals surface area contributed by atoms with Crippen LogP contribution in [-0.2, 0) is 9.59 Å². The maximum atomic E-state index is 11.5. The fourth-order valence-electron chi connectivity index (χ4n) is 1.58. The number of carbonyl (C=O) groups is 3. The minimum atomic E-state index is -0.915. The molecular weight excluding hydrogens is 226 g/mol. The monoisotopic (exact) mass is 241 g/mol. The van der Waals surface area contributed by atoms with Gasteiger partial charge in [-0.1, -0.05) is 12.2 Å². The molecule has 3 unspecified atom stereocenters. The van der Waals surface area contributed by atoms with Crippen LogP contribution in [0.15, 0.2) is 12.2 Å². The van der Waals surface area contributed by atoms with Crippen LogP contribution in [0.25, 0.3) is 0 Å². The third kappa shape index (κ3) is 3.78. The van der Waals surface area contributed by atoms with Gasteiger partial charge in [-0.3, -0.25) is 9.59 Å². The zero-order valence-corrected chi connectivity index (χ0v) is 9.34. The zero-order valence-electron chi connectivity index (χ0n) is 9.34. The van der Waals surface area contributed by atoms with Gasteiger partial charge in [-0.15, -0.1) is 0 Å². The van der Waals surface area contributed by atoms with E-state index in [1.54, 1.807) is 12.2 Å². The second-order valence-corrected chi connectivity index (χ2v) is 3.91. The van der Waals surface area contributed by atoms with E-state index in [4.69, 9.17) is 10.8 Å². The van der Waals surface area contributed by atoms with Crippen molar-refractivity contribution in [2.45, 2.75) is 25.4 Å². The van der Waals surface area contributed by atoms with Crippen molar-refractivity contribution in [2.24, 2.45) is 11.7 Å². The molecular formula is C10H15N3O4. The van der Waals surface area contributed by atoms with Crippen molar-refractivity contribution in [1.82, 2.24) is 10.6 Å². The molecule has 1 aliphatic rings. The summed E-state index contributed by atoms with van der Waals surface area (Å²) in [6.07, 6.45) is 3.50. The van der Waals surface area contributed by atoms with Gasteiger partial charge in [0.1, 0.15) is 6.04 Å². The number of hydrogen-bond donors (Lipinski definition) is 4. The third-order valence-electron chi connectivity index (χ3n) is 2.48. The Labute approximate surface area is 98.0 Å². The molecule has 0 radical (unpaired) electrons. The summed E-state index contributed by atoms with van der Waals surface area (Å²) in [7, 11) is 0. The molecule has 7 heteroatoms. The normalized spacial score (nSPS) is 24.1. The van der Waals surface area contributed by atoms with Crippen LogP contribution in [0.5, 0.6) is 0 Å². The molecule has 0 bridgehead atoms. The van der Waals surface area contributed by atoms with Gasteiger partial charge in [0.25, 0.3) is 0 Å². The fourth-order valence-corrected chi connectivity index (χ4v) is 1.58. The molecule has 0 aromatic rings. The minimum absolute atomic E-state index is 0.319. The van der Waals surface area contributed by atoms with Crippen LogP contribution in [0.3, 0.4) is 0 Å². The summed E-state index contributed by atoms with van der Waals surface area (Å²) >= 11 is 0. The van der Waals surface area contributed by atoms with E-state index in [1.165, 1.54) is 6.92 Å². The van der Waals surface area contributed by atoms with Gasteiger partial charge in [0.2, 0.25) is 5.91 Å². The highest BCUT2D eigenvalue weighted by atomic mass is 16.4. The Bertz CT molecular complexity index is 367. The maximum Gasteiger partial charge on any atom is 0.312 e. The number of urea groups is 1. The zero-order chi connectivity index (χ0) is 13.0. The van der Waals surface area contributed by atoms with Crippen molar-refractivity contribution in [3.63, 3.8) is 0 Å². The van der Waals surface area contributed by atoms with E-state index < -0.39 is 29.9 Å². The molecule has 0 aliphatic heterocycles. The topological polar surface area (TPSA) is 122 Å². The lowest BCUT2D eigenvalue weighted by atomic mass is 10.1. The molecule has 0 saturated heterocycles. The number of primary amides is 1. The predicted octanol–water partition coefficient (Wildman–Crippen LogP) is -0.811. The average molecular weight is 241 g/mol. The molecule has 5 N–H and O–H groups in total. The van der Waals surface area contributed by atoms with Crippen LogP contribution in [0.4, 0.5) is 4.79 Å². The summed E-state index contributed by atoms with van der Waals surface area (Å²) in [4.78, 5) is 32.8. The second-order valence-electron chi connectivity index (χ2n) is 3.91. The summed E-state index contributed by atoms with van der Waals surface area (Å²) in [6, 6.07) is -1.84. The number of carboxylic acid groups (broad SMARTS) is 1. The van der Waals surface area contributed by atoms with Gasteiger partial charge in [-0.05, 0) is 13.3 Å². The number of rotatable bonds is 4. The molecule has 0 saturated carbocycles. The van der Waals surface area contributed by atoms with E-state index in [0.717, 1.165) is 0 Å². The molecule has 1 aliphatic carbocycles. The maximum absolute atomic E-state index is 11.5. The number of carboxylic acids is 1. The third-order valence-corrected chi connectivity index (χ3v) is 2.48. The molecule has 94 valence electrons. The Kier molecular flexibility index (Phi) is 4.08. The van der Waals surface area contributed by atoms with Crippen LogP contribution in [-0.4, -0.2) is 35.1 Å². The van der Waals surface area contributed by atoms with Crippen LogP contribution >= 0.6 is 0 Å². The molecule has 0 aromatic carbocycles. The molecule has 0 fully saturated rings. The molecule has 3 atom stereocenters. The van der Waals surface area contributed by atoms with Crippen molar-refractivity contribution in [1.29, 1.82) is 0 Å². The van der Waals surface area contributed by atoms with Crippen molar-refractivity contribution in [2.75, 3.05) is 0 Å². The number of aliphatic carboxylic acids is 1. The van der Waals surface area contributed by atoms with Crippen molar-refractivity contribution in [3.8, 4) is 0 Å². The van der Waals surface area contributed by atoms with Gasteiger partial charge in [0, 0.05) is 6.04 Å². The van der Waals surface area contributed by atoms with Crippen LogP contribution in [0.2, 0.25) is 0 Å². The summed E-state index contributed by atoms with van der Waals surface area (Å²) in [6.45, 7) is 1.49. The van der Waals surface area contributed by atoms with Gasteiger partial charge >= 0.3 is 12.0 Å². The Morgan fingerprint density at radius 2 is 2.06 bits per heavy atom. The molecule has 0 heterocycles. The predicted molar refractivity (Wildman–Crippen MR) is 59.0 cm³/mol. The SMILES string of the molecule is CC(NC(N)=O)C(=O)NC1C=CC(C(=O)O)C1. The Hall–Kier alpha value is -2.05. The number of amides is 3. The van der Waals surface area contributed by atoms with Gasteiger partial charge in [0.05, 0.1) is 5.92 Å². The fraction of sp³-hybridized carbons (Fsp3) is 0.500. The molecule has 17 heavy (non-hydrogen) atoms. The van der Waals surface area contributed by atoms with E-state index in [-0.39, 0.29) is 6.04 Å². The highest BCUT2D eigenvalue weighted by Crippen LogP contribution is 2.17. The van der Waals surface area contributed by atoms with Gasteiger partial charge in [-0.2, -0.15) is 0 Å².